The first kappa shape index (κ1) is 13.0. The maximum Gasteiger partial charge on any atom is 0.270 e. The predicted octanol–water partition coefficient (Wildman–Crippen LogP) is 1.65. The van der Waals surface area contributed by atoms with E-state index in [1.54, 1.807) is 36.5 Å². The molecule has 1 N–H and O–H groups in total. The van der Waals surface area contributed by atoms with Gasteiger partial charge in [-0.1, -0.05) is 12.1 Å². The smallest absolute Gasteiger partial charge is 0.270 e. The fourth-order valence-corrected chi connectivity index (χ4v) is 1.98. The van der Waals surface area contributed by atoms with Gasteiger partial charge in [0.25, 0.3) is 11.5 Å². The molecule has 6 heteroatoms. The second kappa shape index (κ2) is 5.16. The molecular formula is C15H12N4O2. The van der Waals surface area contributed by atoms with Crippen molar-refractivity contribution in [1.82, 2.24) is 14.4 Å². The standard InChI is InChI=1S/C15H12N4O2/c1-10-5-4-6-12(17-10)18-14(20)11-9-16-13-7-2-3-8-19(13)15(11)21/h2-9H,1H3,(H,17,18,20). The van der Waals surface area contributed by atoms with Gasteiger partial charge in [-0.25, -0.2) is 9.97 Å². The van der Waals surface area contributed by atoms with E-state index in [9.17, 15) is 9.59 Å². The largest absolute Gasteiger partial charge is 0.306 e. The molecule has 0 atom stereocenters. The summed E-state index contributed by atoms with van der Waals surface area (Å²) in [5, 5.41) is 2.60. The van der Waals surface area contributed by atoms with Crippen molar-refractivity contribution in [3.8, 4) is 0 Å². The minimum absolute atomic E-state index is 0.0259. The van der Waals surface area contributed by atoms with Crippen LogP contribution in [0.3, 0.4) is 0 Å². The van der Waals surface area contributed by atoms with Gasteiger partial charge in [0.05, 0.1) is 0 Å². The van der Waals surface area contributed by atoms with Gasteiger partial charge in [0.15, 0.2) is 0 Å². The van der Waals surface area contributed by atoms with Crippen LogP contribution in [0.1, 0.15) is 16.1 Å². The Morgan fingerprint density at radius 1 is 1.19 bits per heavy atom. The number of rotatable bonds is 2. The van der Waals surface area contributed by atoms with Crippen LogP contribution in [-0.4, -0.2) is 20.3 Å². The van der Waals surface area contributed by atoms with E-state index in [0.717, 1.165) is 5.69 Å². The highest BCUT2D eigenvalue weighted by molar-refractivity contribution is 6.03. The number of carbonyl (C=O) groups is 1. The van der Waals surface area contributed by atoms with Crippen molar-refractivity contribution in [3.05, 3.63) is 70.4 Å². The third-order valence-corrected chi connectivity index (χ3v) is 2.99. The van der Waals surface area contributed by atoms with E-state index in [0.29, 0.717) is 11.5 Å². The van der Waals surface area contributed by atoms with Gasteiger partial charge in [-0.05, 0) is 31.2 Å². The number of amides is 1. The summed E-state index contributed by atoms with van der Waals surface area (Å²) in [7, 11) is 0. The Kier molecular flexibility index (Phi) is 3.19. The molecule has 0 radical (unpaired) electrons. The number of nitrogens with zero attached hydrogens (tertiary/aromatic N) is 3. The second-order valence-electron chi connectivity index (χ2n) is 4.52. The molecule has 3 rings (SSSR count). The van der Waals surface area contributed by atoms with Gasteiger partial charge in [-0.15, -0.1) is 0 Å². The average Bonchev–Trinajstić information content (AvgIpc) is 2.48. The van der Waals surface area contributed by atoms with Gasteiger partial charge in [0, 0.05) is 18.1 Å². The van der Waals surface area contributed by atoms with Crippen molar-refractivity contribution in [2.24, 2.45) is 0 Å². The molecule has 0 fully saturated rings. The van der Waals surface area contributed by atoms with Gasteiger partial charge >= 0.3 is 0 Å². The molecule has 0 spiro atoms. The third-order valence-electron chi connectivity index (χ3n) is 2.99. The maximum absolute atomic E-state index is 12.3. The summed E-state index contributed by atoms with van der Waals surface area (Å²) < 4.78 is 1.33. The Hall–Kier alpha value is -3.02. The zero-order valence-corrected chi connectivity index (χ0v) is 11.3. The summed E-state index contributed by atoms with van der Waals surface area (Å²) >= 11 is 0. The van der Waals surface area contributed by atoms with E-state index in [-0.39, 0.29) is 5.56 Å². The van der Waals surface area contributed by atoms with Gasteiger partial charge < -0.3 is 5.32 Å². The molecule has 3 aromatic heterocycles. The zero-order valence-electron chi connectivity index (χ0n) is 11.3. The van der Waals surface area contributed by atoms with Crippen LogP contribution in [0, 0.1) is 6.92 Å². The van der Waals surface area contributed by atoms with Crippen molar-refractivity contribution in [2.45, 2.75) is 6.92 Å². The maximum atomic E-state index is 12.3. The number of fused-ring (bicyclic) bond motifs is 1. The Morgan fingerprint density at radius 3 is 2.86 bits per heavy atom. The van der Waals surface area contributed by atoms with E-state index >= 15 is 0 Å². The number of aryl methyl sites for hydroxylation is 1. The topological polar surface area (TPSA) is 76.4 Å². The molecule has 6 nitrogen and oxygen atoms in total. The second-order valence-corrected chi connectivity index (χ2v) is 4.52. The first-order valence-corrected chi connectivity index (χ1v) is 6.36. The van der Waals surface area contributed by atoms with Crippen molar-refractivity contribution >= 4 is 17.4 Å². The molecule has 0 saturated carbocycles. The van der Waals surface area contributed by atoms with Gasteiger partial charge in [-0.2, -0.15) is 0 Å². The summed E-state index contributed by atoms with van der Waals surface area (Å²) in [5.41, 5.74) is 0.835. The zero-order chi connectivity index (χ0) is 14.8. The molecule has 0 aliphatic heterocycles. The first-order chi connectivity index (χ1) is 10.1. The Labute approximate surface area is 120 Å². The minimum Gasteiger partial charge on any atom is -0.306 e. The highest BCUT2D eigenvalue weighted by Crippen LogP contribution is 2.06. The molecule has 0 bridgehead atoms. The number of pyridine rings is 2. The SMILES string of the molecule is Cc1cccc(NC(=O)c2cnc3ccccn3c2=O)n1. The molecule has 3 aromatic rings. The summed E-state index contributed by atoms with van der Waals surface area (Å²) in [6, 6.07) is 10.5. The molecule has 0 aromatic carbocycles. The number of anilines is 1. The number of nitrogens with one attached hydrogen (secondary N) is 1. The van der Waals surface area contributed by atoms with Crippen LogP contribution in [0.15, 0.2) is 53.6 Å². The molecule has 0 saturated heterocycles. The van der Waals surface area contributed by atoms with Crippen LogP contribution < -0.4 is 10.9 Å². The lowest BCUT2D eigenvalue weighted by Crippen LogP contribution is -2.26. The lowest BCUT2D eigenvalue weighted by Gasteiger charge is -2.05. The number of carbonyl (C=O) groups excluding carboxylic acids is 1. The van der Waals surface area contributed by atoms with Gasteiger partial charge in [0.1, 0.15) is 17.0 Å². The van der Waals surface area contributed by atoms with Crippen LogP contribution in [0.2, 0.25) is 0 Å². The van der Waals surface area contributed by atoms with Crippen LogP contribution in [0.25, 0.3) is 5.65 Å². The molecule has 3 heterocycles. The monoisotopic (exact) mass is 280 g/mol. The van der Waals surface area contributed by atoms with Gasteiger partial charge in [0.2, 0.25) is 0 Å². The van der Waals surface area contributed by atoms with Crippen molar-refractivity contribution in [3.63, 3.8) is 0 Å². The summed E-state index contributed by atoms with van der Waals surface area (Å²) in [4.78, 5) is 32.7. The number of aromatic nitrogens is 3. The van der Waals surface area contributed by atoms with Crippen LogP contribution in [0.4, 0.5) is 5.82 Å². The Balaban J connectivity index is 1.99. The number of hydrogen-bond acceptors (Lipinski definition) is 4. The lowest BCUT2D eigenvalue weighted by molar-refractivity contribution is 0.102. The highest BCUT2D eigenvalue weighted by atomic mass is 16.2. The van der Waals surface area contributed by atoms with Crippen LogP contribution in [0.5, 0.6) is 0 Å². The quantitative estimate of drug-likeness (QED) is 0.774. The predicted molar refractivity (Wildman–Crippen MR) is 78.4 cm³/mol. The molecule has 104 valence electrons. The van der Waals surface area contributed by atoms with E-state index in [2.05, 4.69) is 15.3 Å². The van der Waals surface area contributed by atoms with Crippen molar-refractivity contribution in [2.75, 3.05) is 5.32 Å². The Morgan fingerprint density at radius 2 is 2.05 bits per heavy atom. The third kappa shape index (κ3) is 2.51. The van der Waals surface area contributed by atoms with E-state index in [4.69, 9.17) is 0 Å². The molecule has 1 amide bonds. The average molecular weight is 280 g/mol. The molecule has 0 unspecified atom stereocenters. The van der Waals surface area contributed by atoms with Crippen LogP contribution >= 0.6 is 0 Å². The summed E-state index contributed by atoms with van der Waals surface area (Å²) in [6.07, 6.45) is 2.86. The minimum atomic E-state index is -0.524. The number of hydrogen-bond donors (Lipinski definition) is 1. The molecule has 0 aliphatic carbocycles. The normalized spacial score (nSPS) is 10.5. The summed E-state index contributed by atoms with van der Waals surface area (Å²) in [5.74, 6) is -0.124. The summed E-state index contributed by atoms with van der Waals surface area (Å²) in [6.45, 7) is 1.82. The van der Waals surface area contributed by atoms with Gasteiger partial charge in [-0.3, -0.25) is 14.0 Å². The fraction of sp³-hybridized carbons (Fsp3) is 0.0667. The van der Waals surface area contributed by atoms with Crippen molar-refractivity contribution < 1.29 is 4.79 Å². The van der Waals surface area contributed by atoms with Crippen molar-refractivity contribution in [1.29, 1.82) is 0 Å². The van der Waals surface area contributed by atoms with Crippen LogP contribution in [-0.2, 0) is 0 Å². The Bertz CT molecular complexity index is 886. The first-order valence-electron chi connectivity index (χ1n) is 6.36. The lowest BCUT2D eigenvalue weighted by atomic mass is 10.3. The van der Waals surface area contributed by atoms with E-state index in [1.807, 2.05) is 13.0 Å². The fourth-order valence-electron chi connectivity index (χ4n) is 1.98. The van der Waals surface area contributed by atoms with E-state index < -0.39 is 11.5 Å². The molecular weight excluding hydrogens is 268 g/mol. The van der Waals surface area contributed by atoms with E-state index in [1.165, 1.54) is 10.6 Å². The molecule has 0 aliphatic rings. The molecule has 21 heavy (non-hydrogen) atoms. The highest BCUT2D eigenvalue weighted by Gasteiger charge is 2.13.